The van der Waals surface area contributed by atoms with Crippen LogP contribution in [0.2, 0.25) is 0 Å². The fourth-order valence-electron chi connectivity index (χ4n) is 1.97. The van der Waals surface area contributed by atoms with E-state index in [2.05, 4.69) is 20.2 Å². The lowest BCUT2D eigenvalue weighted by molar-refractivity contribution is 0.415. The number of nitrogen functional groups attached to an aromatic ring is 2. The third kappa shape index (κ3) is 3.57. The van der Waals surface area contributed by atoms with Gasteiger partial charge in [-0.1, -0.05) is 11.8 Å². The second-order valence-corrected chi connectivity index (χ2v) is 6.24. The largest absolute Gasteiger partial charge is 0.497 e. The minimum atomic E-state index is -0.148. The molecule has 0 aliphatic rings. The van der Waals surface area contributed by atoms with Crippen LogP contribution in [-0.4, -0.2) is 27.3 Å². The van der Waals surface area contributed by atoms with Crippen molar-refractivity contribution in [2.75, 3.05) is 18.6 Å². The number of nitrogens with zero attached hydrogens (tertiary/aromatic N) is 4. The third-order valence-corrected chi connectivity index (χ3v) is 4.10. The molecular weight excluding hydrogens is 328 g/mol. The van der Waals surface area contributed by atoms with Crippen LogP contribution in [0.15, 0.2) is 39.9 Å². The molecule has 1 aromatic carbocycles. The van der Waals surface area contributed by atoms with E-state index in [4.69, 9.17) is 20.6 Å². The number of anilines is 2. The summed E-state index contributed by atoms with van der Waals surface area (Å²) in [6, 6.07) is 8.88. The Morgan fingerprint density at radius 2 is 1.75 bits per heavy atom. The van der Waals surface area contributed by atoms with Gasteiger partial charge in [0.05, 0.1) is 12.4 Å². The Balaban J connectivity index is 1.76. The number of hydrogen-bond acceptors (Lipinski definition) is 9. The van der Waals surface area contributed by atoms with E-state index in [1.54, 1.807) is 7.11 Å². The number of benzene rings is 1. The lowest BCUT2D eigenvalue weighted by Gasteiger charge is -2.06. The van der Waals surface area contributed by atoms with E-state index >= 15 is 0 Å². The maximum absolute atomic E-state index is 5.74. The minimum Gasteiger partial charge on any atom is -0.497 e. The average molecular weight is 344 g/mol. The molecule has 124 valence electrons. The van der Waals surface area contributed by atoms with Crippen molar-refractivity contribution in [1.29, 1.82) is 0 Å². The summed E-state index contributed by atoms with van der Waals surface area (Å²) >= 11 is 1.34. The first-order valence-corrected chi connectivity index (χ1v) is 7.97. The van der Waals surface area contributed by atoms with Gasteiger partial charge < -0.3 is 20.6 Å². The maximum Gasteiger partial charge on any atom is 0.247 e. The van der Waals surface area contributed by atoms with Crippen molar-refractivity contribution in [3.8, 4) is 17.2 Å². The molecule has 0 unspecified atom stereocenters. The second kappa shape index (κ2) is 6.75. The Morgan fingerprint density at radius 1 is 1.08 bits per heavy atom. The molecule has 0 saturated carbocycles. The number of methoxy groups -OCH3 is 1. The van der Waals surface area contributed by atoms with Gasteiger partial charge in [0.2, 0.25) is 11.8 Å². The van der Waals surface area contributed by atoms with Crippen molar-refractivity contribution in [2.45, 2.75) is 17.3 Å². The van der Waals surface area contributed by atoms with Crippen LogP contribution in [0.4, 0.5) is 11.6 Å². The molecule has 24 heavy (non-hydrogen) atoms. The highest BCUT2D eigenvalue weighted by Crippen LogP contribution is 2.34. The molecule has 0 aliphatic heterocycles. The van der Waals surface area contributed by atoms with E-state index in [-0.39, 0.29) is 5.25 Å². The highest BCUT2D eigenvalue weighted by atomic mass is 32.2. The van der Waals surface area contributed by atoms with Crippen LogP contribution in [0.25, 0.3) is 11.5 Å². The molecule has 8 nitrogen and oxygen atoms in total. The van der Waals surface area contributed by atoms with Crippen LogP contribution in [0.1, 0.15) is 18.1 Å². The molecule has 2 aromatic heterocycles. The van der Waals surface area contributed by atoms with Gasteiger partial charge in [0, 0.05) is 11.6 Å². The molecule has 3 aromatic rings. The number of rotatable bonds is 5. The summed E-state index contributed by atoms with van der Waals surface area (Å²) in [5.74, 6) is 2.31. The van der Waals surface area contributed by atoms with Crippen molar-refractivity contribution in [3.05, 3.63) is 36.2 Å². The lowest BCUT2D eigenvalue weighted by Crippen LogP contribution is -2.00. The monoisotopic (exact) mass is 344 g/mol. The number of ether oxygens (including phenoxy) is 1. The Labute approximate surface area is 142 Å². The van der Waals surface area contributed by atoms with Gasteiger partial charge in [-0.15, -0.1) is 10.2 Å². The van der Waals surface area contributed by atoms with Gasteiger partial charge >= 0.3 is 0 Å². The van der Waals surface area contributed by atoms with Gasteiger partial charge in [0.15, 0.2) is 5.16 Å². The normalized spacial score (nSPS) is 12.1. The molecule has 0 radical (unpaired) electrons. The van der Waals surface area contributed by atoms with E-state index in [0.717, 1.165) is 11.3 Å². The van der Waals surface area contributed by atoms with E-state index in [1.807, 2.05) is 31.2 Å². The Morgan fingerprint density at radius 3 is 2.38 bits per heavy atom. The number of thioether (sulfide) groups is 1. The molecule has 9 heteroatoms. The van der Waals surface area contributed by atoms with Crippen molar-refractivity contribution in [2.24, 2.45) is 0 Å². The highest BCUT2D eigenvalue weighted by Gasteiger charge is 2.18. The summed E-state index contributed by atoms with van der Waals surface area (Å²) in [4.78, 5) is 8.26. The molecule has 0 saturated heterocycles. The SMILES string of the molecule is COc1ccc(-c2nnc([C@@H](C)Sc3nc(N)cc(N)n3)o2)cc1. The van der Waals surface area contributed by atoms with Gasteiger partial charge in [0.1, 0.15) is 17.4 Å². The molecule has 0 amide bonds. The molecule has 0 bridgehead atoms. The zero-order valence-electron chi connectivity index (χ0n) is 13.1. The molecule has 1 atom stereocenters. The standard InChI is InChI=1S/C15H16N6O2S/c1-8(24-15-18-11(16)7-12(17)19-15)13-20-21-14(23-13)9-3-5-10(22-2)6-4-9/h3-8H,1-2H3,(H4,16,17,18,19)/t8-/m1/s1. The predicted molar refractivity (Wildman–Crippen MR) is 91.4 cm³/mol. The van der Waals surface area contributed by atoms with Crippen LogP contribution in [-0.2, 0) is 0 Å². The van der Waals surface area contributed by atoms with Crippen LogP contribution in [0.3, 0.4) is 0 Å². The summed E-state index contributed by atoms with van der Waals surface area (Å²) in [7, 11) is 1.61. The van der Waals surface area contributed by atoms with Gasteiger partial charge in [0.25, 0.3) is 0 Å². The molecule has 0 aliphatic carbocycles. The van der Waals surface area contributed by atoms with Crippen molar-refractivity contribution in [3.63, 3.8) is 0 Å². The van der Waals surface area contributed by atoms with E-state index in [9.17, 15) is 0 Å². The fourth-order valence-corrected chi connectivity index (χ4v) is 2.80. The summed E-state index contributed by atoms with van der Waals surface area (Å²) in [5, 5.41) is 8.48. The Bertz CT molecular complexity index is 816. The van der Waals surface area contributed by atoms with Gasteiger partial charge in [-0.2, -0.15) is 0 Å². The minimum absolute atomic E-state index is 0.148. The Hall–Kier alpha value is -2.81. The Kier molecular flexibility index (Phi) is 4.52. The van der Waals surface area contributed by atoms with Gasteiger partial charge in [-0.3, -0.25) is 0 Å². The number of aromatic nitrogens is 4. The molecule has 0 fully saturated rings. The molecular formula is C15H16N6O2S. The summed E-state index contributed by atoms with van der Waals surface area (Å²) < 4.78 is 10.9. The first-order chi connectivity index (χ1) is 11.5. The van der Waals surface area contributed by atoms with Crippen LogP contribution >= 0.6 is 11.8 Å². The molecule has 0 spiro atoms. The van der Waals surface area contributed by atoms with Gasteiger partial charge in [-0.05, 0) is 31.2 Å². The summed E-state index contributed by atoms with van der Waals surface area (Å²) in [6.07, 6.45) is 0. The van der Waals surface area contributed by atoms with E-state index in [0.29, 0.717) is 28.6 Å². The van der Waals surface area contributed by atoms with Crippen molar-refractivity contribution < 1.29 is 9.15 Å². The maximum atomic E-state index is 5.74. The van der Waals surface area contributed by atoms with Crippen LogP contribution in [0, 0.1) is 0 Å². The van der Waals surface area contributed by atoms with E-state index < -0.39 is 0 Å². The topological polar surface area (TPSA) is 126 Å². The van der Waals surface area contributed by atoms with E-state index in [1.165, 1.54) is 17.8 Å². The van der Waals surface area contributed by atoms with Crippen LogP contribution in [0.5, 0.6) is 5.75 Å². The number of hydrogen-bond donors (Lipinski definition) is 2. The zero-order chi connectivity index (χ0) is 17.1. The van der Waals surface area contributed by atoms with Crippen molar-refractivity contribution >= 4 is 23.4 Å². The van der Waals surface area contributed by atoms with Crippen molar-refractivity contribution in [1.82, 2.24) is 20.2 Å². The third-order valence-electron chi connectivity index (χ3n) is 3.15. The van der Waals surface area contributed by atoms with Crippen LogP contribution < -0.4 is 16.2 Å². The molecule has 2 heterocycles. The van der Waals surface area contributed by atoms with Gasteiger partial charge in [-0.25, -0.2) is 9.97 Å². The first-order valence-electron chi connectivity index (χ1n) is 7.09. The predicted octanol–water partition coefficient (Wildman–Crippen LogP) is 2.55. The smallest absolute Gasteiger partial charge is 0.247 e. The fraction of sp³-hybridized carbons (Fsp3) is 0.200. The highest BCUT2D eigenvalue weighted by molar-refractivity contribution is 7.99. The first kappa shape index (κ1) is 16.1. The summed E-state index contributed by atoms with van der Waals surface area (Å²) in [6.45, 7) is 1.92. The molecule has 3 rings (SSSR count). The second-order valence-electron chi connectivity index (χ2n) is 4.93. The average Bonchev–Trinajstić information content (AvgIpc) is 3.04. The summed E-state index contributed by atoms with van der Waals surface area (Å²) in [5.41, 5.74) is 12.2. The lowest BCUT2D eigenvalue weighted by atomic mass is 10.2. The molecule has 4 N–H and O–H groups in total. The number of nitrogens with two attached hydrogens (primary N) is 2. The zero-order valence-corrected chi connectivity index (χ0v) is 13.9. The quantitative estimate of drug-likeness (QED) is 0.530.